The van der Waals surface area contributed by atoms with E-state index in [1.54, 1.807) is 0 Å². The molecular weight excluding hydrogens is 224 g/mol. The molecule has 0 aliphatic carbocycles. The summed E-state index contributed by atoms with van der Waals surface area (Å²) in [5.74, 6) is 0.429. The minimum Gasteiger partial charge on any atom is -0.466 e. The normalized spacial score (nSPS) is 10.4. The smallest absolute Gasteiger partial charge is 0.305 e. The Kier molecular flexibility index (Phi) is 12.6. The van der Waals surface area contributed by atoms with Gasteiger partial charge in [0.25, 0.3) is 0 Å². The third-order valence-electron chi connectivity index (χ3n) is 2.53. The second-order valence-electron chi connectivity index (χ2n) is 4.13. The average Bonchev–Trinajstić information content (AvgIpc) is 2.30. The summed E-state index contributed by atoms with van der Waals surface area (Å²) in [5, 5.41) is 0. The van der Waals surface area contributed by atoms with Crippen LogP contribution in [0, 0.1) is 0 Å². The number of hydrogen-bond acceptors (Lipinski definition) is 2. The van der Waals surface area contributed by atoms with Crippen LogP contribution in [0.5, 0.6) is 0 Å². The number of alkyl halides is 1. The van der Waals surface area contributed by atoms with E-state index in [0.29, 0.717) is 18.9 Å². The third kappa shape index (κ3) is 11.8. The Labute approximate surface area is 105 Å². The van der Waals surface area contributed by atoms with E-state index in [4.69, 9.17) is 16.3 Å². The Morgan fingerprint density at radius 2 is 1.62 bits per heavy atom. The number of carbonyl (C=O) groups excluding carboxylic acids is 1. The molecule has 0 aromatic rings. The van der Waals surface area contributed by atoms with Crippen molar-refractivity contribution in [3.63, 3.8) is 0 Å². The first kappa shape index (κ1) is 15.8. The molecule has 0 saturated heterocycles. The van der Waals surface area contributed by atoms with Gasteiger partial charge in [0.15, 0.2) is 0 Å². The maximum absolute atomic E-state index is 11.1. The molecule has 0 fully saturated rings. The molecule has 0 radical (unpaired) electrons. The Morgan fingerprint density at radius 1 is 1.00 bits per heavy atom. The van der Waals surface area contributed by atoms with E-state index >= 15 is 0 Å². The van der Waals surface area contributed by atoms with Crippen molar-refractivity contribution in [1.29, 1.82) is 0 Å². The van der Waals surface area contributed by atoms with E-state index in [-0.39, 0.29) is 5.97 Å². The van der Waals surface area contributed by atoms with Crippen molar-refractivity contribution < 1.29 is 9.53 Å². The number of hydrogen-bond donors (Lipinski definition) is 0. The molecular formula is C13H25ClO2. The SMILES string of the molecule is CCCCCCCCCOC(=O)CCCCl. The van der Waals surface area contributed by atoms with Crippen LogP contribution < -0.4 is 0 Å². The van der Waals surface area contributed by atoms with Crippen LogP contribution in [-0.4, -0.2) is 18.5 Å². The molecule has 0 aliphatic rings. The summed E-state index contributed by atoms with van der Waals surface area (Å²) in [5.41, 5.74) is 0. The third-order valence-corrected chi connectivity index (χ3v) is 2.79. The molecule has 0 aromatic carbocycles. The molecule has 2 nitrogen and oxygen atoms in total. The van der Waals surface area contributed by atoms with Crippen LogP contribution in [0.25, 0.3) is 0 Å². The Hall–Kier alpha value is -0.240. The highest BCUT2D eigenvalue weighted by Crippen LogP contribution is 2.07. The maximum atomic E-state index is 11.1. The quantitative estimate of drug-likeness (QED) is 0.310. The van der Waals surface area contributed by atoms with Crippen molar-refractivity contribution in [2.45, 2.75) is 64.7 Å². The lowest BCUT2D eigenvalue weighted by Gasteiger charge is -2.04. The van der Waals surface area contributed by atoms with Crippen LogP contribution in [0.1, 0.15) is 64.7 Å². The van der Waals surface area contributed by atoms with Gasteiger partial charge in [-0.3, -0.25) is 4.79 Å². The topological polar surface area (TPSA) is 26.3 Å². The van der Waals surface area contributed by atoms with Crippen LogP contribution >= 0.6 is 11.6 Å². The predicted molar refractivity (Wildman–Crippen MR) is 68.9 cm³/mol. The van der Waals surface area contributed by atoms with Gasteiger partial charge in [-0.25, -0.2) is 0 Å². The van der Waals surface area contributed by atoms with E-state index < -0.39 is 0 Å². The molecule has 0 saturated carbocycles. The molecule has 0 N–H and O–H groups in total. The molecule has 0 aromatic heterocycles. The lowest BCUT2D eigenvalue weighted by Crippen LogP contribution is -2.05. The summed E-state index contributed by atoms with van der Waals surface area (Å²) in [7, 11) is 0. The monoisotopic (exact) mass is 248 g/mol. The summed E-state index contributed by atoms with van der Waals surface area (Å²) < 4.78 is 5.07. The Bertz CT molecular complexity index is 160. The summed E-state index contributed by atoms with van der Waals surface area (Å²) in [6.07, 6.45) is 9.90. The lowest BCUT2D eigenvalue weighted by atomic mass is 10.1. The van der Waals surface area contributed by atoms with Crippen LogP contribution in [0.4, 0.5) is 0 Å². The highest BCUT2D eigenvalue weighted by Gasteiger charge is 2.01. The van der Waals surface area contributed by atoms with Gasteiger partial charge < -0.3 is 4.74 Å². The van der Waals surface area contributed by atoms with Crippen LogP contribution in [0.15, 0.2) is 0 Å². The van der Waals surface area contributed by atoms with Gasteiger partial charge in [0.1, 0.15) is 0 Å². The van der Waals surface area contributed by atoms with E-state index in [0.717, 1.165) is 12.8 Å². The molecule has 0 spiro atoms. The molecule has 0 amide bonds. The zero-order valence-electron chi connectivity index (χ0n) is 10.5. The van der Waals surface area contributed by atoms with Crippen LogP contribution in [-0.2, 0) is 9.53 Å². The zero-order chi connectivity index (χ0) is 12.1. The molecule has 0 heterocycles. The number of carbonyl (C=O) groups is 1. The Balaban J connectivity index is 3.05. The number of esters is 1. The molecule has 16 heavy (non-hydrogen) atoms. The van der Waals surface area contributed by atoms with Gasteiger partial charge in [-0.1, -0.05) is 45.4 Å². The molecule has 0 rings (SSSR count). The maximum Gasteiger partial charge on any atom is 0.305 e. The van der Waals surface area contributed by atoms with E-state index in [1.165, 1.54) is 38.5 Å². The fraction of sp³-hybridized carbons (Fsp3) is 0.923. The molecule has 0 unspecified atom stereocenters. The molecule has 0 bridgehead atoms. The van der Waals surface area contributed by atoms with Crippen molar-refractivity contribution in [3.8, 4) is 0 Å². The molecule has 0 atom stereocenters. The molecule has 96 valence electrons. The van der Waals surface area contributed by atoms with E-state index in [9.17, 15) is 4.79 Å². The van der Waals surface area contributed by atoms with E-state index in [1.807, 2.05) is 0 Å². The first-order chi connectivity index (χ1) is 7.81. The number of halogens is 1. The average molecular weight is 249 g/mol. The van der Waals surface area contributed by atoms with E-state index in [2.05, 4.69) is 6.92 Å². The standard InChI is InChI=1S/C13H25ClO2/c1-2-3-4-5-6-7-8-12-16-13(15)10-9-11-14/h2-12H2,1H3. The first-order valence-corrected chi connectivity index (χ1v) is 7.06. The van der Waals surface area contributed by atoms with Crippen molar-refractivity contribution in [3.05, 3.63) is 0 Å². The van der Waals surface area contributed by atoms with Crippen LogP contribution in [0.3, 0.4) is 0 Å². The second kappa shape index (κ2) is 12.8. The zero-order valence-corrected chi connectivity index (χ0v) is 11.2. The highest BCUT2D eigenvalue weighted by molar-refractivity contribution is 6.17. The van der Waals surface area contributed by atoms with Crippen molar-refractivity contribution in [1.82, 2.24) is 0 Å². The number of unbranched alkanes of at least 4 members (excludes halogenated alkanes) is 6. The Morgan fingerprint density at radius 3 is 2.25 bits per heavy atom. The largest absolute Gasteiger partial charge is 0.466 e. The fourth-order valence-corrected chi connectivity index (χ4v) is 1.66. The summed E-state index contributed by atoms with van der Waals surface area (Å²) >= 11 is 5.48. The minimum atomic E-state index is -0.105. The van der Waals surface area contributed by atoms with Gasteiger partial charge in [0.2, 0.25) is 0 Å². The number of ether oxygens (including phenoxy) is 1. The number of rotatable bonds is 11. The molecule has 0 aliphatic heterocycles. The van der Waals surface area contributed by atoms with Gasteiger partial charge in [-0.2, -0.15) is 0 Å². The van der Waals surface area contributed by atoms with Crippen molar-refractivity contribution in [2.75, 3.05) is 12.5 Å². The highest BCUT2D eigenvalue weighted by atomic mass is 35.5. The summed E-state index contributed by atoms with van der Waals surface area (Å²) in [6, 6.07) is 0. The fourth-order valence-electron chi connectivity index (χ4n) is 1.53. The van der Waals surface area contributed by atoms with Gasteiger partial charge in [0, 0.05) is 12.3 Å². The summed E-state index contributed by atoms with van der Waals surface area (Å²) in [4.78, 5) is 11.1. The first-order valence-electron chi connectivity index (χ1n) is 6.52. The van der Waals surface area contributed by atoms with Crippen LogP contribution in [0.2, 0.25) is 0 Å². The minimum absolute atomic E-state index is 0.105. The lowest BCUT2D eigenvalue weighted by molar-refractivity contribution is -0.143. The molecule has 3 heteroatoms. The van der Waals surface area contributed by atoms with Gasteiger partial charge in [0.05, 0.1) is 6.61 Å². The predicted octanol–water partition coefficient (Wildman–Crippen LogP) is 4.30. The van der Waals surface area contributed by atoms with Gasteiger partial charge in [-0.05, 0) is 12.8 Å². The van der Waals surface area contributed by atoms with Gasteiger partial charge in [-0.15, -0.1) is 11.6 Å². The van der Waals surface area contributed by atoms with Gasteiger partial charge >= 0.3 is 5.97 Å². The van der Waals surface area contributed by atoms with Crippen molar-refractivity contribution >= 4 is 17.6 Å². The second-order valence-corrected chi connectivity index (χ2v) is 4.51. The summed E-state index contributed by atoms with van der Waals surface area (Å²) in [6.45, 7) is 2.80. The van der Waals surface area contributed by atoms with Crippen molar-refractivity contribution in [2.24, 2.45) is 0 Å².